The lowest BCUT2D eigenvalue weighted by Crippen LogP contribution is -2.22. The first-order chi connectivity index (χ1) is 9.99. The highest BCUT2D eigenvalue weighted by atomic mass is 32.2. The summed E-state index contributed by atoms with van der Waals surface area (Å²) in [6, 6.07) is 5.98. The monoisotopic (exact) mass is 322 g/mol. The molecule has 21 heavy (non-hydrogen) atoms. The summed E-state index contributed by atoms with van der Waals surface area (Å²) in [6.45, 7) is 5.89. The van der Waals surface area contributed by atoms with Gasteiger partial charge in [0.25, 0.3) is 0 Å². The summed E-state index contributed by atoms with van der Waals surface area (Å²) in [5, 5.41) is 14.4. The molecule has 2 N–H and O–H groups in total. The van der Waals surface area contributed by atoms with Crippen LogP contribution in [0.2, 0.25) is 0 Å². The highest BCUT2D eigenvalue weighted by Crippen LogP contribution is 2.29. The van der Waals surface area contributed by atoms with Crippen molar-refractivity contribution in [2.75, 3.05) is 17.7 Å². The van der Waals surface area contributed by atoms with Gasteiger partial charge in [-0.05, 0) is 32.4 Å². The Morgan fingerprint density at radius 1 is 1.33 bits per heavy atom. The fraction of sp³-hybridized carbons (Fsp3) is 0.357. The van der Waals surface area contributed by atoms with Crippen molar-refractivity contribution in [2.24, 2.45) is 0 Å². The van der Waals surface area contributed by atoms with Crippen molar-refractivity contribution in [2.45, 2.75) is 30.4 Å². The Balaban J connectivity index is 1.99. The minimum atomic E-state index is -0.233. The number of amides is 1. The maximum Gasteiger partial charge on any atom is 0.237 e. The lowest BCUT2D eigenvalue weighted by Gasteiger charge is -2.12. The Hall–Kier alpha value is -1.60. The van der Waals surface area contributed by atoms with E-state index < -0.39 is 0 Å². The smallest absolute Gasteiger partial charge is 0.237 e. The number of nitrogens with one attached hydrogen (secondary N) is 2. The zero-order valence-corrected chi connectivity index (χ0v) is 14.1. The number of thioether (sulfide) groups is 1. The molecule has 1 aromatic heterocycles. The van der Waals surface area contributed by atoms with Crippen molar-refractivity contribution >= 4 is 39.8 Å². The van der Waals surface area contributed by atoms with Crippen LogP contribution in [0.25, 0.3) is 0 Å². The number of carbonyl (C=O) groups excluding carboxylic acids is 1. The summed E-state index contributed by atoms with van der Waals surface area (Å²) in [4.78, 5) is 12.2. The van der Waals surface area contributed by atoms with Gasteiger partial charge in [0.2, 0.25) is 11.0 Å². The van der Waals surface area contributed by atoms with Crippen LogP contribution in [0.4, 0.5) is 10.8 Å². The van der Waals surface area contributed by atoms with Crippen LogP contribution >= 0.6 is 23.1 Å². The predicted molar refractivity (Wildman–Crippen MR) is 89.3 cm³/mol. The van der Waals surface area contributed by atoms with Crippen molar-refractivity contribution < 1.29 is 4.79 Å². The average molecular weight is 322 g/mol. The summed E-state index contributed by atoms with van der Waals surface area (Å²) < 4.78 is 0.780. The van der Waals surface area contributed by atoms with E-state index in [9.17, 15) is 4.79 Å². The highest BCUT2D eigenvalue weighted by Gasteiger charge is 2.17. The van der Waals surface area contributed by atoms with Crippen LogP contribution in [0.3, 0.4) is 0 Å². The SMILES string of the molecule is CNc1nnc(S[C@@H](C)C(=O)Nc2ccc(C)cc2C)s1. The van der Waals surface area contributed by atoms with E-state index >= 15 is 0 Å². The molecule has 2 rings (SSSR count). The molecule has 1 atom stereocenters. The van der Waals surface area contributed by atoms with Crippen LogP contribution in [-0.4, -0.2) is 28.4 Å². The second-order valence-electron chi connectivity index (χ2n) is 4.69. The first-order valence-corrected chi connectivity index (χ1v) is 8.25. The maximum absolute atomic E-state index is 12.2. The van der Waals surface area contributed by atoms with Crippen LogP contribution in [0.5, 0.6) is 0 Å². The second-order valence-corrected chi connectivity index (χ2v) is 7.26. The lowest BCUT2D eigenvalue weighted by atomic mass is 10.1. The van der Waals surface area contributed by atoms with Crippen LogP contribution in [-0.2, 0) is 4.79 Å². The fourth-order valence-electron chi connectivity index (χ4n) is 1.75. The van der Waals surface area contributed by atoms with Gasteiger partial charge in [0.05, 0.1) is 5.25 Å². The molecule has 1 heterocycles. The van der Waals surface area contributed by atoms with E-state index in [0.29, 0.717) is 0 Å². The Morgan fingerprint density at radius 3 is 2.71 bits per heavy atom. The van der Waals surface area contributed by atoms with Gasteiger partial charge in [-0.15, -0.1) is 10.2 Å². The molecule has 0 bridgehead atoms. The largest absolute Gasteiger partial charge is 0.363 e. The van der Waals surface area contributed by atoms with Crippen molar-refractivity contribution in [1.29, 1.82) is 0 Å². The molecule has 1 amide bonds. The molecule has 0 aliphatic carbocycles. The van der Waals surface area contributed by atoms with Crippen LogP contribution < -0.4 is 10.6 Å². The van der Waals surface area contributed by atoms with E-state index in [1.807, 2.05) is 32.9 Å². The second kappa shape index (κ2) is 6.91. The molecule has 1 aromatic carbocycles. The number of benzene rings is 1. The molecule has 0 radical (unpaired) electrons. The van der Waals surface area contributed by atoms with Crippen molar-refractivity contribution in [1.82, 2.24) is 10.2 Å². The van der Waals surface area contributed by atoms with Gasteiger partial charge in [-0.1, -0.05) is 40.8 Å². The van der Waals surface area contributed by atoms with E-state index in [-0.39, 0.29) is 11.2 Å². The molecule has 2 aromatic rings. The Morgan fingerprint density at radius 2 is 2.10 bits per heavy atom. The number of aromatic nitrogens is 2. The number of carbonyl (C=O) groups is 1. The van der Waals surface area contributed by atoms with Crippen LogP contribution in [0.15, 0.2) is 22.5 Å². The molecule has 0 fully saturated rings. The minimum Gasteiger partial charge on any atom is -0.363 e. The van der Waals surface area contributed by atoms with Gasteiger partial charge >= 0.3 is 0 Å². The summed E-state index contributed by atoms with van der Waals surface area (Å²) in [7, 11) is 1.80. The first kappa shape index (κ1) is 15.8. The summed E-state index contributed by atoms with van der Waals surface area (Å²) in [6.07, 6.45) is 0. The third-order valence-electron chi connectivity index (χ3n) is 2.91. The number of hydrogen-bond acceptors (Lipinski definition) is 6. The maximum atomic E-state index is 12.2. The van der Waals surface area contributed by atoms with Gasteiger partial charge in [0, 0.05) is 12.7 Å². The van der Waals surface area contributed by atoms with Gasteiger partial charge < -0.3 is 10.6 Å². The van der Waals surface area contributed by atoms with E-state index in [1.165, 1.54) is 28.7 Å². The molecule has 0 saturated heterocycles. The molecule has 0 aliphatic rings. The van der Waals surface area contributed by atoms with Crippen molar-refractivity contribution in [3.8, 4) is 0 Å². The lowest BCUT2D eigenvalue weighted by molar-refractivity contribution is -0.115. The summed E-state index contributed by atoms with van der Waals surface area (Å²) >= 11 is 2.85. The van der Waals surface area contributed by atoms with E-state index in [1.54, 1.807) is 7.05 Å². The first-order valence-electron chi connectivity index (χ1n) is 6.55. The molecule has 7 heteroatoms. The average Bonchev–Trinajstić information content (AvgIpc) is 2.89. The third-order valence-corrected chi connectivity index (χ3v) is 5.03. The van der Waals surface area contributed by atoms with E-state index in [4.69, 9.17) is 0 Å². The zero-order valence-electron chi connectivity index (χ0n) is 12.4. The highest BCUT2D eigenvalue weighted by molar-refractivity contribution is 8.02. The Labute approximate surface area is 132 Å². The number of nitrogens with zero attached hydrogens (tertiary/aromatic N) is 2. The van der Waals surface area contributed by atoms with Gasteiger partial charge in [0.1, 0.15) is 0 Å². The standard InChI is InChI=1S/C14H18N4OS2/c1-8-5-6-11(9(2)7-8)16-12(19)10(3)20-14-18-17-13(15-4)21-14/h5-7,10H,1-4H3,(H,15,17)(H,16,19)/t10-/m0/s1. The third kappa shape index (κ3) is 4.18. The summed E-state index contributed by atoms with van der Waals surface area (Å²) in [5.74, 6) is -0.0341. The fourth-order valence-corrected chi connectivity index (χ4v) is 3.60. The molecule has 0 aliphatic heterocycles. The number of aryl methyl sites for hydroxylation is 2. The number of rotatable bonds is 5. The molecule has 0 saturated carbocycles. The Kier molecular flexibility index (Phi) is 5.19. The number of anilines is 2. The van der Waals surface area contributed by atoms with Crippen LogP contribution in [0, 0.1) is 13.8 Å². The van der Waals surface area contributed by atoms with Crippen molar-refractivity contribution in [3.63, 3.8) is 0 Å². The predicted octanol–water partition coefficient (Wildman–Crippen LogP) is 3.32. The van der Waals surface area contributed by atoms with Crippen LogP contribution in [0.1, 0.15) is 18.1 Å². The van der Waals surface area contributed by atoms with E-state index in [0.717, 1.165) is 20.7 Å². The Bertz CT molecular complexity index is 642. The minimum absolute atomic E-state index is 0.0341. The van der Waals surface area contributed by atoms with Gasteiger partial charge in [-0.3, -0.25) is 4.79 Å². The molecule has 0 unspecified atom stereocenters. The van der Waals surface area contributed by atoms with Gasteiger partial charge in [-0.2, -0.15) is 0 Å². The molecule has 5 nitrogen and oxygen atoms in total. The van der Waals surface area contributed by atoms with E-state index in [2.05, 4.69) is 26.9 Å². The van der Waals surface area contributed by atoms with Gasteiger partial charge in [0.15, 0.2) is 4.34 Å². The normalized spacial score (nSPS) is 12.0. The molecular formula is C14H18N4OS2. The van der Waals surface area contributed by atoms with Gasteiger partial charge in [-0.25, -0.2) is 0 Å². The molecule has 0 spiro atoms. The number of hydrogen-bond donors (Lipinski definition) is 2. The van der Waals surface area contributed by atoms with Crippen molar-refractivity contribution in [3.05, 3.63) is 29.3 Å². The zero-order chi connectivity index (χ0) is 15.4. The quantitative estimate of drug-likeness (QED) is 0.827. The molecular weight excluding hydrogens is 304 g/mol. The topological polar surface area (TPSA) is 66.9 Å². The molecule has 112 valence electrons. The summed E-state index contributed by atoms with van der Waals surface area (Å²) in [5.41, 5.74) is 3.10.